The molecule has 0 aliphatic carbocycles. The van der Waals surface area contributed by atoms with Gasteiger partial charge in [-0.05, 0) is 18.1 Å². The summed E-state index contributed by atoms with van der Waals surface area (Å²) in [6, 6.07) is 6.00. The van der Waals surface area contributed by atoms with Crippen LogP contribution in [0, 0.1) is 0 Å². The van der Waals surface area contributed by atoms with E-state index in [-0.39, 0.29) is 6.42 Å². The largest absolute Gasteiger partial charge is 0.408 e. The van der Waals surface area contributed by atoms with E-state index in [0.717, 1.165) is 11.3 Å². The first-order valence-corrected chi connectivity index (χ1v) is 5.54. The van der Waals surface area contributed by atoms with E-state index in [4.69, 9.17) is 0 Å². The molecule has 0 N–H and O–H groups in total. The first kappa shape index (κ1) is 10.6. The van der Waals surface area contributed by atoms with E-state index in [1.165, 1.54) is 4.90 Å². The fraction of sp³-hybridized carbons (Fsp3) is 0.417. The van der Waals surface area contributed by atoms with Crippen molar-refractivity contribution in [2.45, 2.75) is 31.6 Å². The van der Waals surface area contributed by atoms with Crippen LogP contribution in [0.1, 0.15) is 18.4 Å². The third-order valence-corrected chi connectivity index (χ3v) is 3.31. The number of halogens is 3. The third kappa shape index (κ3) is 1.69. The standard InChI is InChI=1S/C12H11F3N2/c13-12(14,15)10-5-6-11-16-9-4-2-1-3-8(9)7-17(10)11/h1-4,10H,5-7H2. The zero-order valence-electron chi connectivity index (χ0n) is 9.04. The smallest absolute Gasteiger partial charge is 0.344 e. The minimum absolute atomic E-state index is 0.121. The van der Waals surface area contributed by atoms with Crippen molar-refractivity contribution in [3.05, 3.63) is 29.8 Å². The van der Waals surface area contributed by atoms with E-state index in [1.807, 2.05) is 24.3 Å². The van der Waals surface area contributed by atoms with Gasteiger partial charge in [0.15, 0.2) is 0 Å². The number of aliphatic imine (C=N–C) groups is 1. The second kappa shape index (κ2) is 3.48. The number of amidine groups is 1. The molecule has 1 unspecified atom stereocenters. The summed E-state index contributed by atoms with van der Waals surface area (Å²) >= 11 is 0. The van der Waals surface area contributed by atoms with E-state index in [0.29, 0.717) is 18.8 Å². The summed E-state index contributed by atoms with van der Waals surface area (Å²) in [5.74, 6) is 0.575. The first-order chi connectivity index (χ1) is 8.05. The predicted octanol–water partition coefficient (Wildman–Crippen LogP) is 3.26. The van der Waals surface area contributed by atoms with Crippen LogP contribution in [0.25, 0.3) is 0 Å². The molecule has 0 spiro atoms. The maximum Gasteiger partial charge on any atom is 0.408 e. The molecular formula is C12H11F3N2. The minimum Gasteiger partial charge on any atom is -0.344 e. The van der Waals surface area contributed by atoms with Crippen molar-refractivity contribution in [2.24, 2.45) is 4.99 Å². The summed E-state index contributed by atoms with van der Waals surface area (Å²) in [5, 5.41) is 0. The number of hydrogen-bond acceptors (Lipinski definition) is 2. The Morgan fingerprint density at radius 3 is 2.76 bits per heavy atom. The van der Waals surface area contributed by atoms with Gasteiger partial charge in [-0.25, -0.2) is 4.99 Å². The Hall–Kier alpha value is -1.52. The molecule has 0 bridgehead atoms. The molecule has 90 valence electrons. The maximum atomic E-state index is 12.8. The summed E-state index contributed by atoms with van der Waals surface area (Å²) in [6.45, 7) is 0.319. The van der Waals surface area contributed by atoms with E-state index < -0.39 is 12.2 Å². The van der Waals surface area contributed by atoms with E-state index in [1.54, 1.807) is 0 Å². The highest BCUT2D eigenvalue weighted by Crippen LogP contribution is 2.39. The Balaban J connectivity index is 1.97. The summed E-state index contributed by atoms with van der Waals surface area (Å²) in [5.41, 5.74) is 1.67. The fourth-order valence-electron chi connectivity index (χ4n) is 2.48. The van der Waals surface area contributed by atoms with Crippen molar-refractivity contribution in [1.29, 1.82) is 0 Å². The van der Waals surface area contributed by atoms with Crippen LogP contribution in [0.15, 0.2) is 29.3 Å². The molecule has 1 fully saturated rings. The van der Waals surface area contributed by atoms with Crippen molar-refractivity contribution < 1.29 is 13.2 Å². The van der Waals surface area contributed by atoms with Crippen LogP contribution in [0.3, 0.4) is 0 Å². The molecule has 2 heterocycles. The van der Waals surface area contributed by atoms with Gasteiger partial charge in [0, 0.05) is 13.0 Å². The van der Waals surface area contributed by atoms with Crippen LogP contribution >= 0.6 is 0 Å². The van der Waals surface area contributed by atoms with Crippen molar-refractivity contribution in [3.8, 4) is 0 Å². The van der Waals surface area contributed by atoms with Gasteiger partial charge in [-0.15, -0.1) is 0 Å². The number of para-hydroxylation sites is 1. The van der Waals surface area contributed by atoms with Gasteiger partial charge in [-0.3, -0.25) is 0 Å². The third-order valence-electron chi connectivity index (χ3n) is 3.31. The second-order valence-corrected chi connectivity index (χ2v) is 4.38. The summed E-state index contributed by atoms with van der Waals surface area (Å²) in [4.78, 5) is 5.70. The van der Waals surface area contributed by atoms with E-state index >= 15 is 0 Å². The molecule has 0 amide bonds. The number of benzene rings is 1. The van der Waals surface area contributed by atoms with Crippen molar-refractivity contribution in [1.82, 2.24) is 4.90 Å². The Bertz CT molecular complexity index is 479. The highest BCUT2D eigenvalue weighted by Gasteiger charge is 2.48. The van der Waals surface area contributed by atoms with Gasteiger partial charge >= 0.3 is 6.18 Å². The topological polar surface area (TPSA) is 15.6 Å². The summed E-state index contributed by atoms with van der Waals surface area (Å²) in [7, 11) is 0. The molecule has 2 aliphatic rings. The van der Waals surface area contributed by atoms with Crippen LogP contribution < -0.4 is 0 Å². The zero-order chi connectivity index (χ0) is 12.0. The number of fused-ring (bicyclic) bond motifs is 2. The lowest BCUT2D eigenvalue weighted by atomic mass is 10.1. The molecular weight excluding hydrogens is 229 g/mol. The van der Waals surface area contributed by atoms with Crippen molar-refractivity contribution >= 4 is 11.5 Å². The molecule has 2 aliphatic heterocycles. The molecule has 1 atom stereocenters. The highest BCUT2D eigenvalue weighted by atomic mass is 19.4. The van der Waals surface area contributed by atoms with Crippen molar-refractivity contribution in [3.63, 3.8) is 0 Å². The van der Waals surface area contributed by atoms with Gasteiger partial charge in [-0.2, -0.15) is 13.2 Å². The van der Waals surface area contributed by atoms with Gasteiger partial charge in [0.1, 0.15) is 11.9 Å². The Morgan fingerprint density at radius 2 is 2.00 bits per heavy atom. The van der Waals surface area contributed by atoms with Crippen LogP contribution in [0.2, 0.25) is 0 Å². The van der Waals surface area contributed by atoms with Gasteiger partial charge < -0.3 is 4.90 Å². The Morgan fingerprint density at radius 1 is 1.24 bits per heavy atom. The number of hydrogen-bond donors (Lipinski definition) is 0. The lowest BCUT2D eigenvalue weighted by Gasteiger charge is -2.31. The van der Waals surface area contributed by atoms with E-state index in [9.17, 15) is 13.2 Å². The highest BCUT2D eigenvalue weighted by molar-refractivity contribution is 5.89. The SMILES string of the molecule is FC(F)(F)C1CCC2=Nc3ccccc3CN21. The van der Waals surface area contributed by atoms with Crippen LogP contribution in [-0.2, 0) is 6.54 Å². The zero-order valence-corrected chi connectivity index (χ0v) is 9.04. The molecule has 1 aromatic carbocycles. The summed E-state index contributed by atoms with van der Waals surface area (Å²) < 4.78 is 38.4. The van der Waals surface area contributed by atoms with Crippen molar-refractivity contribution in [2.75, 3.05) is 0 Å². The maximum absolute atomic E-state index is 12.8. The normalized spacial score (nSPS) is 23.1. The van der Waals surface area contributed by atoms with Crippen LogP contribution in [0.4, 0.5) is 18.9 Å². The average Bonchev–Trinajstić information content (AvgIpc) is 2.68. The number of nitrogens with zero attached hydrogens (tertiary/aromatic N) is 2. The lowest BCUT2D eigenvalue weighted by molar-refractivity contribution is -0.171. The molecule has 0 saturated carbocycles. The molecule has 1 aromatic rings. The first-order valence-electron chi connectivity index (χ1n) is 5.54. The van der Waals surface area contributed by atoms with E-state index in [2.05, 4.69) is 4.99 Å². The van der Waals surface area contributed by atoms with Gasteiger partial charge in [0.25, 0.3) is 0 Å². The molecule has 2 nitrogen and oxygen atoms in total. The minimum atomic E-state index is -4.16. The summed E-state index contributed by atoms with van der Waals surface area (Å²) in [6.07, 6.45) is -3.63. The lowest BCUT2D eigenvalue weighted by Crippen LogP contribution is -2.43. The fourth-order valence-corrected chi connectivity index (χ4v) is 2.48. The average molecular weight is 240 g/mol. The second-order valence-electron chi connectivity index (χ2n) is 4.38. The molecule has 3 rings (SSSR count). The monoisotopic (exact) mass is 240 g/mol. The molecule has 5 heteroatoms. The molecule has 1 saturated heterocycles. The number of alkyl halides is 3. The van der Waals surface area contributed by atoms with Gasteiger partial charge in [-0.1, -0.05) is 18.2 Å². The molecule has 0 radical (unpaired) electrons. The number of rotatable bonds is 0. The van der Waals surface area contributed by atoms with Crippen LogP contribution in [0.5, 0.6) is 0 Å². The predicted molar refractivity (Wildman–Crippen MR) is 58.2 cm³/mol. The Kier molecular flexibility index (Phi) is 2.18. The molecule has 0 aromatic heterocycles. The molecule has 17 heavy (non-hydrogen) atoms. The van der Waals surface area contributed by atoms with Gasteiger partial charge in [0.05, 0.1) is 5.69 Å². The van der Waals surface area contributed by atoms with Crippen LogP contribution in [-0.4, -0.2) is 23.0 Å². The van der Waals surface area contributed by atoms with Gasteiger partial charge in [0.2, 0.25) is 0 Å². The Labute approximate surface area is 96.8 Å². The quantitative estimate of drug-likeness (QED) is 0.679.